The van der Waals surface area contributed by atoms with E-state index in [2.05, 4.69) is 5.32 Å². The molecule has 0 bridgehead atoms. The van der Waals surface area contributed by atoms with E-state index in [1.807, 2.05) is 4.90 Å². The summed E-state index contributed by atoms with van der Waals surface area (Å²) in [6, 6.07) is 3.29. The Kier molecular flexibility index (Phi) is 7.48. The molecule has 0 spiro atoms. The van der Waals surface area contributed by atoms with Crippen molar-refractivity contribution < 1.29 is 18.0 Å². The van der Waals surface area contributed by atoms with E-state index in [1.165, 1.54) is 17.1 Å². The summed E-state index contributed by atoms with van der Waals surface area (Å²) >= 11 is 1.15. The Labute approximate surface area is 171 Å². The van der Waals surface area contributed by atoms with E-state index in [9.17, 15) is 18.0 Å². The van der Waals surface area contributed by atoms with Gasteiger partial charge in [-0.15, -0.1) is 11.3 Å². The first kappa shape index (κ1) is 21.3. The molecule has 0 radical (unpaired) electrons. The molecule has 2 aliphatic rings. The molecule has 28 heavy (non-hydrogen) atoms. The van der Waals surface area contributed by atoms with Crippen LogP contribution < -0.4 is 5.32 Å². The van der Waals surface area contributed by atoms with E-state index in [0.29, 0.717) is 35.1 Å². The summed E-state index contributed by atoms with van der Waals surface area (Å²) in [5.41, 5.74) is 0. The number of sulfonamides is 1. The highest BCUT2D eigenvalue weighted by Gasteiger charge is 2.28. The van der Waals surface area contributed by atoms with Gasteiger partial charge >= 0.3 is 0 Å². The molecule has 0 aliphatic carbocycles. The van der Waals surface area contributed by atoms with Crippen LogP contribution in [0.2, 0.25) is 0 Å². The number of carbonyl (C=O) groups excluding carboxylic acids is 2. The number of nitrogens with zero attached hydrogens (tertiary/aromatic N) is 2. The second kappa shape index (κ2) is 9.84. The standard InChI is InChI=1S/C19H29N3O4S2/c23-17(20-10-9-18(24)21-11-3-1-2-4-12-21)15-16-7-8-19(27-16)28(25,26)22-13-5-6-14-22/h7-8H,1-6,9-15H2,(H,20,23). The molecule has 0 atom stereocenters. The fourth-order valence-electron chi connectivity index (χ4n) is 3.66. The van der Waals surface area contributed by atoms with Crippen LogP contribution in [-0.2, 0) is 26.0 Å². The molecular weight excluding hydrogens is 398 g/mol. The number of hydrogen-bond donors (Lipinski definition) is 1. The lowest BCUT2D eigenvalue weighted by Crippen LogP contribution is -2.35. The van der Waals surface area contributed by atoms with Gasteiger partial charge in [-0.05, 0) is 37.8 Å². The maximum absolute atomic E-state index is 12.5. The van der Waals surface area contributed by atoms with Gasteiger partial charge in [-0.1, -0.05) is 12.8 Å². The third-order valence-electron chi connectivity index (χ3n) is 5.25. The number of thiophene rings is 1. The normalized spacial score (nSPS) is 18.8. The highest BCUT2D eigenvalue weighted by molar-refractivity contribution is 7.91. The van der Waals surface area contributed by atoms with Crippen LogP contribution in [-0.4, -0.2) is 62.2 Å². The van der Waals surface area contributed by atoms with Crippen molar-refractivity contribution in [2.45, 2.75) is 55.6 Å². The molecule has 2 amide bonds. The number of carbonyl (C=O) groups is 2. The van der Waals surface area contributed by atoms with Crippen molar-refractivity contribution in [3.8, 4) is 0 Å². The zero-order valence-electron chi connectivity index (χ0n) is 16.2. The van der Waals surface area contributed by atoms with Crippen molar-refractivity contribution in [3.05, 3.63) is 17.0 Å². The molecule has 3 heterocycles. The van der Waals surface area contributed by atoms with Crippen LogP contribution in [0.5, 0.6) is 0 Å². The molecule has 0 saturated carbocycles. The lowest BCUT2D eigenvalue weighted by Gasteiger charge is -2.20. The number of amides is 2. The molecule has 0 aromatic carbocycles. The van der Waals surface area contributed by atoms with E-state index in [4.69, 9.17) is 0 Å². The van der Waals surface area contributed by atoms with Crippen molar-refractivity contribution in [2.75, 3.05) is 32.7 Å². The van der Waals surface area contributed by atoms with Crippen LogP contribution in [0.4, 0.5) is 0 Å². The molecule has 1 aromatic rings. The van der Waals surface area contributed by atoms with Crippen molar-refractivity contribution in [3.63, 3.8) is 0 Å². The molecule has 2 aliphatic heterocycles. The Morgan fingerprint density at radius 3 is 2.29 bits per heavy atom. The average molecular weight is 428 g/mol. The summed E-state index contributed by atoms with van der Waals surface area (Å²) in [5.74, 6) is -0.0899. The maximum Gasteiger partial charge on any atom is 0.252 e. The van der Waals surface area contributed by atoms with Crippen LogP contribution in [0.25, 0.3) is 0 Å². The van der Waals surface area contributed by atoms with Gasteiger partial charge in [-0.3, -0.25) is 9.59 Å². The van der Waals surface area contributed by atoms with Gasteiger partial charge in [0.2, 0.25) is 11.8 Å². The quantitative estimate of drug-likeness (QED) is 0.721. The molecule has 1 N–H and O–H groups in total. The fraction of sp³-hybridized carbons (Fsp3) is 0.684. The summed E-state index contributed by atoms with van der Waals surface area (Å²) in [6.07, 6.45) is 6.71. The Hall–Kier alpha value is -1.45. The van der Waals surface area contributed by atoms with E-state index >= 15 is 0 Å². The van der Waals surface area contributed by atoms with E-state index in [0.717, 1.165) is 50.1 Å². The van der Waals surface area contributed by atoms with Crippen LogP contribution in [0.15, 0.2) is 16.3 Å². The van der Waals surface area contributed by atoms with Gasteiger partial charge in [-0.2, -0.15) is 4.31 Å². The monoisotopic (exact) mass is 427 g/mol. The molecular formula is C19H29N3O4S2. The van der Waals surface area contributed by atoms with Crippen molar-refractivity contribution in [2.24, 2.45) is 0 Å². The van der Waals surface area contributed by atoms with Gasteiger partial charge in [0.05, 0.1) is 6.42 Å². The molecule has 7 nitrogen and oxygen atoms in total. The molecule has 0 unspecified atom stereocenters. The maximum atomic E-state index is 12.5. The zero-order chi connectivity index (χ0) is 20.0. The predicted octanol–water partition coefficient (Wildman–Crippen LogP) is 1.98. The second-order valence-corrected chi connectivity index (χ2v) is 10.7. The first-order valence-corrected chi connectivity index (χ1v) is 12.4. The van der Waals surface area contributed by atoms with Crippen LogP contribution in [0.1, 0.15) is 49.8 Å². The number of nitrogens with one attached hydrogen (secondary N) is 1. The lowest BCUT2D eigenvalue weighted by molar-refractivity contribution is -0.131. The minimum absolute atomic E-state index is 0.0947. The Bertz CT molecular complexity index is 777. The van der Waals surface area contributed by atoms with E-state index < -0.39 is 10.0 Å². The van der Waals surface area contributed by atoms with Gasteiger partial charge in [0.1, 0.15) is 4.21 Å². The fourth-order valence-corrected chi connectivity index (χ4v) is 6.68. The van der Waals surface area contributed by atoms with Gasteiger partial charge in [0, 0.05) is 44.0 Å². The zero-order valence-corrected chi connectivity index (χ0v) is 17.8. The SMILES string of the molecule is O=C(Cc1ccc(S(=O)(=O)N2CCCC2)s1)NCCC(=O)N1CCCCCC1. The van der Waals surface area contributed by atoms with Gasteiger partial charge < -0.3 is 10.2 Å². The molecule has 3 rings (SSSR count). The number of rotatable bonds is 7. The van der Waals surface area contributed by atoms with Crippen molar-refractivity contribution in [1.82, 2.24) is 14.5 Å². The summed E-state index contributed by atoms with van der Waals surface area (Å²) in [7, 11) is -3.43. The second-order valence-electron chi connectivity index (χ2n) is 7.40. The highest BCUT2D eigenvalue weighted by Crippen LogP contribution is 2.27. The largest absolute Gasteiger partial charge is 0.355 e. The molecule has 2 saturated heterocycles. The topological polar surface area (TPSA) is 86.8 Å². The summed E-state index contributed by atoms with van der Waals surface area (Å²) in [5, 5.41) is 2.78. The third kappa shape index (κ3) is 5.55. The van der Waals surface area contributed by atoms with Crippen LogP contribution in [0, 0.1) is 0 Å². The first-order valence-electron chi connectivity index (χ1n) is 10.1. The summed E-state index contributed by atoms with van der Waals surface area (Å²) in [4.78, 5) is 27.0. The lowest BCUT2D eigenvalue weighted by atomic mass is 10.2. The average Bonchev–Trinajstić information content (AvgIpc) is 3.29. The molecule has 9 heteroatoms. The Morgan fingerprint density at radius 2 is 1.61 bits per heavy atom. The molecule has 156 valence electrons. The van der Waals surface area contributed by atoms with Gasteiger partial charge in [0.15, 0.2) is 0 Å². The Morgan fingerprint density at radius 1 is 0.964 bits per heavy atom. The van der Waals surface area contributed by atoms with Crippen molar-refractivity contribution >= 4 is 33.2 Å². The van der Waals surface area contributed by atoms with Crippen molar-refractivity contribution in [1.29, 1.82) is 0 Å². The first-order chi connectivity index (χ1) is 13.5. The molecule has 2 fully saturated rings. The minimum atomic E-state index is -3.43. The predicted molar refractivity (Wildman–Crippen MR) is 109 cm³/mol. The minimum Gasteiger partial charge on any atom is -0.355 e. The highest BCUT2D eigenvalue weighted by atomic mass is 32.2. The summed E-state index contributed by atoms with van der Waals surface area (Å²) in [6.45, 7) is 3.09. The van der Waals surface area contributed by atoms with Crippen LogP contribution >= 0.6 is 11.3 Å². The van der Waals surface area contributed by atoms with Crippen LogP contribution in [0.3, 0.4) is 0 Å². The number of hydrogen-bond acceptors (Lipinski definition) is 5. The number of likely N-dealkylation sites (tertiary alicyclic amines) is 1. The third-order valence-corrected chi connectivity index (χ3v) is 8.70. The summed E-state index contributed by atoms with van der Waals surface area (Å²) < 4.78 is 26.9. The smallest absolute Gasteiger partial charge is 0.252 e. The van der Waals surface area contributed by atoms with E-state index in [-0.39, 0.29) is 18.2 Å². The molecule has 1 aromatic heterocycles. The van der Waals surface area contributed by atoms with Gasteiger partial charge in [0.25, 0.3) is 10.0 Å². The van der Waals surface area contributed by atoms with Gasteiger partial charge in [-0.25, -0.2) is 8.42 Å². The Balaban J connectivity index is 1.44. The van der Waals surface area contributed by atoms with E-state index in [1.54, 1.807) is 12.1 Å².